The van der Waals surface area contributed by atoms with Crippen molar-refractivity contribution in [2.45, 2.75) is 25.9 Å². The number of rotatable bonds is 5. The molecular weight excluding hydrogens is 364 g/mol. The third-order valence-electron chi connectivity index (χ3n) is 4.81. The minimum absolute atomic E-state index is 0.0458. The van der Waals surface area contributed by atoms with Crippen molar-refractivity contribution in [3.8, 4) is 0 Å². The molecule has 9 heteroatoms. The van der Waals surface area contributed by atoms with E-state index in [0.29, 0.717) is 39.3 Å². The van der Waals surface area contributed by atoms with E-state index in [2.05, 4.69) is 10.3 Å². The van der Waals surface area contributed by atoms with E-state index in [0.717, 1.165) is 19.4 Å². The second kappa shape index (κ2) is 9.50. The second-order valence-corrected chi connectivity index (χ2v) is 6.73. The van der Waals surface area contributed by atoms with Gasteiger partial charge in [0.15, 0.2) is 0 Å². The first-order chi connectivity index (χ1) is 13.6. The molecule has 9 nitrogen and oxygen atoms in total. The summed E-state index contributed by atoms with van der Waals surface area (Å²) in [6, 6.07) is 4.83. The monoisotopic (exact) mass is 390 g/mol. The number of amides is 3. The summed E-state index contributed by atoms with van der Waals surface area (Å²) in [4.78, 5) is 44.2. The average molecular weight is 390 g/mol. The summed E-state index contributed by atoms with van der Waals surface area (Å²) in [6.07, 6.45) is 1.62. The maximum absolute atomic E-state index is 12.7. The van der Waals surface area contributed by atoms with Gasteiger partial charge in [-0.2, -0.15) is 0 Å². The van der Waals surface area contributed by atoms with Crippen LogP contribution in [0.1, 0.15) is 40.7 Å². The highest BCUT2D eigenvalue weighted by molar-refractivity contribution is 5.96. The lowest BCUT2D eigenvalue weighted by atomic mass is 10.2. The number of hydrogen-bond donors (Lipinski definition) is 1. The van der Waals surface area contributed by atoms with Gasteiger partial charge >= 0.3 is 6.09 Å². The van der Waals surface area contributed by atoms with Gasteiger partial charge in [0.2, 0.25) is 0 Å². The Bertz CT molecular complexity index is 712. The van der Waals surface area contributed by atoms with Crippen LogP contribution in [0, 0.1) is 0 Å². The van der Waals surface area contributed by atoms with Crippen LogP contribution in [0.15, 0.2) is 18.2 Å². The highest BCUT2D eigenvalue weighted by Gasteiger charge is 2.26. The molecule has 0 spiro atoms. The van der Waals surface area contributed by atoms with Gasteiger partial charge in [-0.1, -0.05) is 6.07 Å². The van der Waals surface area contributed by atoms with Crippen molar-refractivity contribution in [3.05, 3.63) is 29.6 Å². The van der Waals surface area contributed by atoms with Crippen LogP contribution in [0.3, 0.4) is 0 Å². The third kappa shape index (κ3) is 4.98. The summed E-state index contributed by atoms with van der Waals surface area (Å²) in [5.74, 6) is -0.574. The van der Waals surface area contributed by atoms with Crippen LogP contribution in [0.2, 0.25) is 0 Å². The molecule has 3 heterocycles. The van der Waals surface area contributed by atoms with E-state index in [-0.39, 0.29) is 35.4 Å². The highest BCUT2D eigenvalue weighted by atomic mass is 16.6. The molecule has 2 aliphatic heterocycles. The summed E-state index contributed by atoms with van der Waals surface area (Å²) in [6.45, 7) is 4.86. The zero-order chi connectivity index (χ0) is 19.9. The van der Waals surface area contributed by atoms with Crippen molar-refractivity contribution in [2.24, 2.45) is 0 Å². The average Bonchev–Trinajstić information content (AvgIpc) is 3.25. The molecule has 2 fully saturated rings. The predicted octanol–water partition coefficient (Wildman–Crippen LogP) is 0.905. The Balaban J connectivity index is 1.55. The number of nitrogens with one attached hydrogen (secondary N) is 1. The van der Waals surface area contributed by atoms with Crippen LogP contribution >= 0.6 is 0 Å². The Labute approximate surface area is 164 Å². The van der Waals surface area contributed by atoms with Gasteiger partial charge in [0.1, 0.15) is 11.4 Å². The van der Waals surface area contributed by atoms with Crippen molar-refractivity contribution >= 4 is 17.9 Å². The first-order valence-corrected chi connectivity index (χ1v) is 9.66. The SMILES string of the molecule is CCOC(=O)N1CCN(C(=O)c2cccc(C(=O)NCC3CCCO3)n2)CC1. The van der Waals surface area contributed by atoms with Crippen LogP contribution in [0.4, 0.5) is 4.79 Å². The summed E-state index contributed by atoms with van der Waals surface area (Å²) in [5, 5.41) is 2.81. The standard InChI is InChI=1S/C19H26N4O5/c1-2-27-19(26)23-10-8-22(9-11-23)18(25)16-7-3-6-15(21-16)17(24)20-13-14-5-4-12-28-14/h3,6-7,14H,2,4-5,8-13H2,1H3,(H,20,24). The van der Waals surface area contributed by atoms with E-state index in [1.807, 2.05) is 0 Å². The quantitative estimate of drug-likeness (QED) is 0.802. The van der Waals surface area contributed by atoms with Crippen LogP contribution in [-0.4, -0.2) is 84.7 Å². The second-order valence-electron chi connectivity index (χ2n) is 6.73. The molecule has 0 aliphatic carbocycles. The van der Waals surface area contributed by atoms with E-state index >= 15 is 0 Å². The van der Waals surface area contributed by atoms with Crippen LogP contribution in [-0.2, 0) is 9.47 Å². The van der Waals surface area contributed by atoms with Crippen molar-refractivity contribution < 1.29 is 23.9 Å². The summed E-state index contributed by atoms with van der Waals surface area (Å²) in [7, 11) is 0. The maximum atomic E-state index is 12.7. The van der Waals surface area contributed by atoms with Crippen LogP contribution < -0.4 is 5.32 Å². The molecule has 152 valence electrons. The maximum Gasteiger partial charge on any atom is 0.409 e. The Morgan fingerprint density at radius 2 is 1.89 bits per heavy atom. The fourth-order valence-corrected chi connectivity index (χ4v) is 3.25. The zero-order valence-corrected chi connectivity index (χ0v) is 16.1. The van der Waals surface area contributed by atoms with E-state index in [4.69, 9.17) is 9.47 Å². The van der Waals surface area contributed by atoms with E-state index < -0.39 is 0 Å². The van der Waals surface area contributed by atoms with Gasteiger partial charge in [0, 0.05) is 39.3 Å². The van der Waals surface area contributed by atoms with Gasteiger partial charge in [-0.3, -0.25) is 9.59 Å². The molecule has 28 heavy (non-hydrogen) atoms. The number of pyridine rings is 1. The Morgan fingerprint density at radius 1 is 1.18 bits per heavy atom. The lowest BCUT2D eigenvalue weighted by molar-refractivity contribution is 0.0565. The van der Waals surface area contributed by atoms with Gasteiger partial charge in [0.05, 0.1) is 12.7 Å². The smallest absolute Gasteiger partial charge is 0.409 e. The van der Waals surface area contributed by atoms with Crippen molar-refractivity contribution in [3.63, 3.8) is 0 Å². The Morgan fingerprint density at radius 3 is 2.57 bits per heavy atom. The normalized spacial score (nSPS) is 19.4. The van der Waals surface area contributed by atoms with E-state index in [1.165, 1.54) is 0 Å². The number of aromatic nitrogens is 1. The summed E-state index contributed by atoms with van der Waals surface area (Å²) in [5.41, 5.74) is 0.420. The van der Waals surface area contributed by atoms with Gasteiger partial charge < -0.3 is 24.6 Å². The van der Waals surface area contributed by atoms with E-state index in [1.54, 1.807) is 34.9 Å². The molecule has 3 amide bonds. The van der Waals surface area contributed by atoms with Crippen molar-refractivity contribution in [2.75, 3.05) is 45.9 Å². The molecule has 1 unspecified atom stereocenters. The van der Waals surface area contributed by atoms with Crippen LogP contribution in [0.25, 0.3) is 0 Å². The number of carbonyl (C=O) groups is 3. The molecule has 0 radical (unpaired) electrons. The molecule has 1 atom stereocenters. The molecule has 2 saturated heterocycles. The number of piperazine rings is 1. The number of hydrogen-bond acceptors (Lipinski definition) is 6. The first-order valence-electron chi connectivity index (χ1n) is 9.66. The van der Waals surface area contributed by atoms with Crippen molar-refractivity contribution in [1.29, 1.82) is 0 Å². The molecule has 0 bridgehead atoms. The van der Waals surface area contributed by atoms with Crippen LogP contribution in [0.5, 0.6) is 0 Å². The molecule has 3 rings (SSSR count). The Hall–Kier alpha value is -2.68. The molecule has 1 aromatic heterocycles. The summed E-state index contributed by atoms with van der Waals surface area (Å²) < 4.78 is 10.5. The Kier molecular flexibility index (Phi) is 6.80. The highest BCUT2D eigenvalue weighted by Crippen LogP contribution is 2.12. The minimum atomic E-state index is -0.363. The van der Waals surface area contributed by atoms with Gasteiger partial charge in [-0.15, -0.1) is 0 Å². The third-order valence-corrected chi connectivity index (χ3v) is 4.81. The molecular formula is C19H26N4O5. The topological polar surface area (TPSA) is 101 Å². The molecule has 0 aromatic carbocycles. The fourth-order valence-electron chi connectivity index (χ4n) is 3.25. The number of nitrogens with zero attached hydrogens (tertiary/aromatic N) is 3. The molecule has 1 aromatic rings. The first kappa shape index (κ1) is 20.1. The minimum Gasteiger partial charge on any atom is -0.450 e. The zero-order valence-electron chi connectivity index (χ0n) is 16.1. The lowest BCUT2D eigenvalue weighted by Crippen LogP contribution is -2.50. The van der Waals surface area contributed by atoms with Gasteiger partial charge in [-0.05, 0) is 31.9 Å². The van der Waals surface area contributed by atoms with E-state index in [9.17, 15) is 14.4 Å². The number of ether oxygens (including phenoxy) is 2. The van der Waals surface area contributed by atoms with Crippen molar-refractivity contribution in [1.82, 2.24) is 20.1 Å². The number of carbonyl (C=O) groups excluding carboxylic acids is 3. The molecule has 1 N–H and O–H groups in total. The predicted molar refractivity (Wildman–Crippen MR) is 100 cm³/mol. The summed E-state index contributed by atoms with van der Waals surface area (Å²) >= 11 is 0. The molecule has 2 aliphatic rings. The fraction of sp³-hybridized carbons (Fsp3) is 0.579. The largest absolute Gasteiger partial charge is 0.450 e. The van der Waals surface area contributed by atoms with Gasteiger partial charge in [-0.25, -0.2) is 9.78 Å². The molecule has 0 saturated carbocycles. The van der Waals surface area contributed by atoms with Gasteiger partial charge in [0.25, 0.3) is 11.8 Å². The lowest BCUT2D eigenvalue weighted by Gasteiger charge is -2.33.